The van der Waals surface area contributed by atoms with Crippen LogP contribution in [0.1, 0.15) is 11.1 Å². The second-order valence-corrected chi connectivity index (χ2v) is 6.59. The molecule has 0 radical (unpaired) electrons. The molecule has 9 nitrogen and oxygen atoms in total. The van der Waals surface area contributed by atoms with E-state index < -0.39 is 10.8 Å². The summed E-state index contributed by atoms with van der Waals surface area (Å²) < 4.78 is 10.6. The molecule has 1 N–H and O–H groups in total. The number of hydrogen-bond donors (Lipinski definition) is 1. The van der Waals surface area contributed by atoms with Gasteiger partial charge in [-0.05, 0) is 31.0 Å². The van der Waals surface area contributed by atoms with Crippen LogP contribution in [0, 0.1) is 17.0 Å². The highest BCUT2D eigenvalue weighted by atomic mass is 16.6. The fourth-order valence-electron chi connectivity index (χ4n) is 3.12. The largest absolute Gasteiger partial charge is 0.496 e. The number of benzene rings is 2. The lowest BCUT2D eigenvalue weighted by Crippen LogP contribution is -2.45. The molecular weight excluding hydrogens is 378 g/mol. The highest BCUT2D eigenvalue weighted by molar-refractivity contribution is 6.02. The first-order valence-corrected chi connectivity index (χ1v) is 9.01. The van der Waals surface area contributed by atoms with E-state index in [9.17, 15) is 19.7 Å². The molecule has 0 atom stereocenters. The Morgan fingerprint density at radius 1 is 1.31 bits per heavy atom. The number of nitro benzene ring substituents is 1. The van der Waals surface area contributed by atoms with Gasteiger partial charge in [0, 0.05) is 18.7 Å². The molecule has 152 valence electrons. The Morgan fingerprint density at radius 3 is 2.83 bits per heavy atom. The van der Waals surface area contributed by atoms with E-state index in [1.807, 2.05) is 25.1 Å². The quantitative estimate of drug-likeness (QED) is 0.563. The molecule has 2 aromatic rings. The van der Waals surface area contributed by atoms with Crippen LogP contribution in [-0.2, 0) is 16.0 Å². The molecule has 0 saturated carbocycles. The number of methoxy groups -OCH3 is 1. The summed E-state index contributed by atoms with van der Waals surface area (Å²) in [6.07, 6.45) is 0.565. The summed E-state index contributed by atoms with van der Waals surface area (Å²) in [5.74, 6) is 0.264. The first kappa shape index (κ1) is 20.1. The molecule has 0 unspecified atom stereocenters. The van der Waals surface area contributed by atoms with E-state index in [1.165, 1.54) is 23.1 Å². The Hall–Kier alpha value is -3.62. The van der Waals surface area contributed by atoms with Gasteiger partial charge in [-0.2, -0.15) is 0 Å². The highest BCUT2D eigenvalue weighted by Crippen LogP contribution is 2.35. The van der Waals surface area contributed by atoms with Gasteiger partial charge in [0.05, 0.1) is 17.7 Å². The number of ether oxygens (including phenoxy) is 2. The number of non-ortho nitro benzene ring substituents is 1. The van der Waals surface area contributed by atoms with E-state index >= 15 is 0 Å². The van der Waals surface area contributed by atoms with Crippen LogP contribution in [0.5, 0.6) is 11.5 Å². The van der Waals surface area contributed by atoms with Crippen molar-refractivity contribution in [1.29, 1.82) is 0 Å². The summed E-state index contributed by atoms with van der Waals surface area (Å²) in [4.78, 5) is 36.3. The number of amides is 2. The molecule has 1 aliphatic rings. The van der Waals surface area contributed by atoms with Gasteiger partial charge in [-0.3, -0.25) is 24.6 Å². The predicted molar refractivity (Wildman–Crippen MR) is 105 cm³/mol. The summed E-state index contributed by atoms with van der Waals surface area (Å²) in [7, 11) is 1.59. The summed E-state index contributed by atoms with van der Waals surface area (Å²) in [5.41, 5.74) is 2.09. The summed E-state index contributed by atoms with van der Waals surface area (Å²) >= 11 is 0. The van der Waals surface area contributed by atoms with Gasteiger partial charge in [0.15, 0.2) is 6.61 Å². The maximum atomic E-state index is 12.4. The van der Waals surface area contributed by atoms with Crippen LogP contribution in [0.3, 0.4) is 0 Å². The van der Waals surface area contributed by atoms with Crippen LogP contribution in [0.4, 0.5) is 11.4 Å². The Morgan fingerprint density at radius 2 is 2.10 bits per heavy atom. The highest BCUT2D eigenvalue weighted by Gasteiger charge is 2.29. The van der Waals surface area contributed by atoms with E-state index in [0.29, 0.717) is 18.7 Å². The second kappa shape index (κ2) is 8.59. The normalized spacial score (nSPS) is 12.8. The molecule has 29 heavy (non-hydrogen) atoms. The third kappa shape index (κ3) is 4.63. The molecule has 1 aliphatic heterocycles. The molecule has 0 fully saturated rings. The van der Waals surface area contributed by atoms with Crippen molar-refractivity contribution in [3.05, 3.63) is 57.6 Å². The molecule has 0 saturated heterocycles. The third-order valence-electron chi connectivity index (χ3n) is 4.55. The molecular formula is C20H21N3O6. The lowest BCUT2D eigenvalue weighted by molar-refractivity contribution is -0.384. The molecule has 0 spiro atoms. The number of hydrogen-bond acceptors (Lipinski definition) is 6. The van der Waals surface area contributed by atoms with Crippen molar-refractivity contribution in [3.63, 3.8) is 0 Å². The molecule has 0 aromatic heterocycles. The maximum absolute atomic E-state index is 12.4. The molecule has 0 bridgehead atoms. The van der Waals surface area contributed by atoms with Crippen LogP contribution in [0.15, 0.2) is 36.4 Å². The average molecular weight is 399 g/mol. The minimum Gasteiger partial charge on any atom is -0.496 e. The van der Waals surface area contributed by atoms with Crippen LogP contribution < -0.4 is 19.7 Å². The first-order valence-electron chi connectivity index (χ1n) is 9.01. The Balaban J connectivity index is 1.65. The Labute approximate surface area is 167 Å². The minimum absolute atomic E-state index is 0.181. The van der Waals surface area contributed by atoms with Gasteiger partial charge in [0.2, 0.25) is 5.91 Å². The van der Waals surface area contributed by atoms with Crippen molar-refractivity contribution < 1.29 is 24.0 Å². The van der Waals surface area contributed by atoms with Gasteiger partial charge in [0.25, 0.3) is 11.6 Å². The number of fused-ring (bicyclic) bond motifs is 1. The van der Waals surface area contributed by atoms with Crippen molar-refractivity contribution >= 4 is 23.2 Å². The van der Waals surface area contributed by atoms with E-state index in [2.05, 4.69) is 5.32 Å². The number of anilines is 1. The van der Waals surface area contributed by atoms with Crippen molar-refractivity contribution in [1.82, 2.24) is 5.32 Å². The van der Waals surface area contributed by atoms with E-state index in [0.717, 1.165) is 16.9 Å². The summed E-state index contributed by atoms with van der Waals surface area (Å²) in [6, 6.07) is 9.77. The van der Waals surface area contributed by atoms with Crippen molar-refractivity contribution in [2.75, 3.05) is 31.7 Å². The molecule has 9 heteroatoms. The zero-order chi connectivity index (χ0) is 21.0. The maximum Gasteiger partial charge on any atom is 0.271 e. The molecule has 2 aromatic carbocycles. The Bertz CT molecular complexity index is 959. The van der Waals surface area contributed by atoms with Gasteiger partial charge >= 0.3 is 0 Å². The fourth-order valence-corrected chi connectivity index (χ4v) is 3.12. The molecule has 3 rings (SSSR count). The van der Waals surface area contributed by atoms with Gasteiger partial charge < -0.3 is 14.8 Å². The molecule has 2 amide bonds. The summed E-state index contributed by atoms with van der Waals surface area (Å²) in [6.45, 7) is 1.86. The average Bonchev–Trinajstić information content (AvgIpc) is 2.70. The molecule has 0 aliphatic carbocycles. The lowest BCUT2D eigenvalue weighted by Gasteiger charge is -2.28. The van der Waals surface area contributed by atoms with Crippen molar-refractivity contribution in [3.8, 4) is 11.5 Å². The lowest BCUT2D eigenvalue weighted by atomic mass is 10.1. The predicted octanol–water partition coefficient (Wildman–Crippen LogP) is 2.00. The van der Waals surface area contributed by atoms with E-state index in [1.54, 1.807) is 7.11 Å². The smallest absolute Gasteiger partial charge is 0.271 e. The van der Waals surface area contributed by atoms with Crippen LogP contribution >= 0.6 is 0 Å². The minimum atomic E-state index is -0.563. The number of nitro groups is 1. The van der Waals surface area contributed by atoms with E-state index in [-0.39, 0.29) is 30.4 Å². The SMILES string of the molecule is COc1ccc(C)cc1CCNC(=O)CN1C(=O)COc2ccc([N+](=O)[O-])cc21. The fraction of sp³-hybridized carbons (Fsp3) is 0.300. The van der Waals surface area contributed by atoms with Crippen molar-refractivity contribution in [2.24, 2.45) is 0 Å². The zero-order valence-corrected chi connectivity index (χ0v) is 16.1. The number of carbonyl (C=O) groups is 2. The number of nitrogens with one attached hydrogen (secondary N) is 1. The van der Waals surface area contributed by atoms with E-state index in [4.69, 9.17) is 9.47 Å². The topological polar surface area (TPSA) is 111 Å². The van der Waals surface area contributed by atoms with Gasteiger partial charge in [0.1, 0.15) is 18.0 Å². The number of aryl methyl sites for hydroxylation is 1. The van der Waals surface area contributed by atoms with Crippen LogP contribution in [0.2, 0.25) is 0 Å². The number of rotatable bonds is 7. The van der Waals surface area contributed by atoms with Gasteiger partial charge in [-0.1, -0.05) is 17.7 Å². The monoisotopic (exact) mass is 399 g/mol. The first-order chi connectivity index (χ1) is 13.9. The third-order valence-corrected chi connectivity index (χ3v) is 4.55. The van der Waals surface area contributed by atoms with Crippen LogP contribution in [-0.4, -0.2) is 43.5 Å². The number of carbonyl (C=O) groups excluding carboxylic acids is 2. The van der Waals surface area contributed by atoms with Crippen molar-refractivity contribution in [2.45, 2.75) is 13.3 Å². The van der Waals surface area contributed by atoms with Crippen LogP contribution in [0.25, 0.3) is 0 Å². The molecule has 1 heterocycles. The zero-order valence-electron chi connectivity index (χ0n) is 16.1. The second-order valence-electron chi connectivity index (χ2n) is 6.59. The number of nitrogens with zero attached hydrogens (tertiary/aromatic N) is 2. The standard InChI is InChI=1S/C20H21N3O6/c1-13-3-5-17(28-2)14(9-13)7-8-21-19(24)11-22-16-10-15(23(26)27)4-6-18(16)29-12-20(22)25/h3-6,9-10H,7-8,11-12H2,1-2H3,(H,21,24). The summed E-state index contributed by atoms with van der Waals surface area (Å²) in [5, 5.41) is 13.8. The van der Waals surface area contributed by atoms with Gasteiger partial charge in [-0.15, -0.1) is 0 Å². The van der Waals surface area contributed by atoms with Gasteiger partial charge in [-0.25, -0.2) is 0 Å². The Kier molecular flexibility index (Phi) is 5.96.